The standard InChI is InChI=1S/C24H21N3O6/c1-31-18-12-10-17(11-13-18)24(30)33-19-7-5-6-16(14-19)15-25-27-23(29)22(28)26-20-8-3-4-9-21(20)32-2/h3-15H,1-2H3,(H,26,28)(H,27,29)/b25-15+. The van der Waals surface area contributed by atoms with Gasteiger partial charge in [-0.3, -0.25) is 9.59 Å². The third-order valence-electron chi connectivity index (χ3n) is 4.34. The average molecular weight is 447 g/mol. The van der Waals surface area contributed by atoms with Gasteiger partial charge in [-0.15, -0.1) is 0 Å². The van der Waals surface area contributed by atoms with Crippen LogP contribution in [0.1, 0.15) is 15.9 Å². The molecule has 0 fully saturated rings. The van der Waals surface area contributed by atoms with E-state index in [0.29, 0.717) is 34.1 Å². The monoisotopic (exact) mass is 447 g/mol. The molecule has 3 aromatic carbocycles. The van der Waals surface area contributed by atoms with E-state index in [4.69, 9.17) is 14.2 Å². The Morgan fingerprint density at radius 3 is 2.30 bits per heavy atom. The molecule has 3 aromatic rings. The molecule has 0 saturated heterocycles. The van der Waals surface area contributed by atoms with E-state index in [1.807, 2.05) is 0 Å². The highest BCUT2D eigenvalue weighted by Gasteiger charge is 2.15. The lowest BCUT2D eigenvalue weighted by atomic mass is 10.2. The van der Waals surface area contributed by atoms with Crippen LogP contribution in [0.3, 0.4) is 0 Å². The molecule has 0 atom stereocenters. The molecule has 168 valence electrons. The predicted molar refractivity (Wildman–Crippen MR) is 122 cm³/mol. The number of nitrogens with zero attached hydrogens (tertiary/aromatic N) is 1. The van der Waals surface area contributed by atoms with Crippen molar-refractivity contribution in [3.05, 3.63) is 83.9 Å². The Balaban J connectivity index is 1.56. The molecule has 2 amide bonds. The summed E-state index contributed by atoms with van der Waals surface area (Å²) in [7, 11) is 2.99. The molecule has 0 aromatic heterocycles. The number of amides is 2. The highest BCUT2D eigenvalue weighted by atomic mass is 16.5. The van der Waals surface area contributed by atoms with Gasteiger partial charge in [0.25, 0.3) is 0 Å². The van der Waals surface area contributed by atoms with E-state index in [1.165, 1.54) is 20.4 Å². The van der Waals surface area contributed by atoms with Crippen molar-refractivity contribution >= 4 is 29.7 Å². The van der Waals surface area contributed by atoms with E-state index < -0.39 is 17.8 Å². The fourth-order valence-corrected chi connectivity index (χ4v) is 2.69. The van der Waals surface area contributed by atoms with Gasteiger partial charge >= 0.3 is 17.8 Å². The third kappa shape index (κ3) is 6.41. The Hall–Kier alpha value is -4.66. The first-order valence-electron chi connectivity index (χ1n) is 9.74. The van der Waals surface area contributed by atoms with E-state index in [2.05, 4.69) is 15.8 Å². The first kappa shape index (κ1) is 23.0. The summed E-state index contributed by atoms with van der Waals surface area (Å²) in [6.07, 6.45) is 1.32. The van der Waals surface area contributed by atoms with Crippen LogP contribution in [0, 0.1) is 0 Å². The first-order chi connectivity index (χ1) is 16.0. The lowest BCUT2D eigenvalue weighted by Gasteiger charge is -2.08. The number of carbonyl (C=O) groups excluding carboxylic acids is 3. The number of esters is 1. The maximum Gasteiger partial charge on any atom is 0.343 e. The molecule has 0 radical (unpaired) electrons. The predicted octanol–water partition coefficient (Wildman–Crippen LogP) is 3.01. The van der Waals surface area contributed by atoms with Crippen molar-refractivity contribution in [2.75, 3.05) is 19.5 Å². The molecule has 0 aliphatic carbocycles. The zero-order valence-electron chi connectivity index (χ0n) is 17.9. The summed E-state index contributed by atoms with van der Waals surface area (Å²) >= 11 is 0. The van der Waals surface area contributed by atoms with Gasteiger partial charge in [0.1, 0.15) is 17.2 Å². The fourth-order valence-electron chi connectivity index (χ4n) is 2.69. The van der Waals surface area contributed by atoms with Crippen LogP contribution in [-0.4, -0.2) is 38.2 Å². The quantitative estimate of drug-likeness (QED) is 0.189. The number of para-hydroxylation sites is 2. The average Bonchev–Trinajstić information content (AvgIpc) is 2.84. The summed E-state index contributed by atoms with van der Waals surface area (Å²) in [6.45, 7) is 0. The Labute approximate surface area is 190 Å². The van der Waals surface area contributed by atoms with Gasteiger partial charge in [-0.2, -0.15) is 5.10 Å². The van der Waals surface area contributed by atoms with E-state index in [0.717, 1.165) is 0 Å². The van der Waals surface area contributed by atoms with Gasteiger partial charge in [-0.1, -0.05) is 24.3 Å². The van der Waals surface area contributed by atoms with Crippen molar-refractivity contribution in [3.8, 4) is 17.2 Å². The molecule has 0 heterocycles. The Morgan fingerprint density at radius 1 is 0.818 bits per heavy atom. The molecular formula is C24H21N3O6. The zero-order valence-corrected chi connectivity index (χ0v) is 17.9. The van der Waals surface area contributed by atoms with Crippen molar-refractivity contribution in [2.45, 2.75) is 0 Å². The number of methoxy groups -OCH3 is 2. The number of rotatable bonds is 7. The van der Waals surface area contributed by atoms with Crippen LogP contribution in [0.25, 0.3) is 0 Å². The lowest BCUT2D eigenvalue weighted by molar-refractivity contribution is -0.136. The molecular weight excluding hydrogens is 426 g/mol. The zero-order chi connectivity index (χ0) is 23.6. The number of carbonyl (C=O) groups is 3. The number of hydrogen-bond donors (Lipinski definition) is 2. The van der Waals surface area contributed by atoms with E-state index >= 15 is 0 Å². The van der Waals surface area contributed by atoms with Gasteiger partial charge in [0.05, 0.1) is 31.7 Å². The topological polar surface area (TPSA) is 115 Å². The molecule has 9 nitrogen and oxygen atoms in total. The molecule has 0 saturated carbocycles. The molecule has 9 heteroatoms. The number of hydrazone groups is 1. The van der Waals surface area contributed by atoms with Crippen LogP contribution in [0.2, 0.25) is 0 Å². The van der Waals surface area contributed by atoms with Crippen molar-refractivity contribution < 1.29 is 28.6 Å². The summed E-state index contributed by atoms with van der Waals surface area (Å²) in [6, 6.07) is 19.7. The largest absolute Gasteiger partial charge is 0.497 e. The van der Waals surface area contributed by atoms with Crippen molar-refractivity contribution in [2.24, 2.45) is 5.10 Å². The number of anilines is 1. The van der Waals surface area contributed by atoms with Crippen molar-refractivity contribution in [3.63, 3.8) is 0 Å². The van der Waals surface area contributed by atoms with E-state index in [9.17, 15) is 14.4 Å². The molecule has 0 aliphatic rings. The van der Waals surface area contributed by atoms with Gasteiger partial charge in [0.15, 0.2) is 0 Å². The molecule has 33 heavy (non-hydrogen) atoms. The smallest absolute Gasteiger partial charge is 0.343 e. The Bertz CT molecular complexity index is 1170. The second kappa shape index (κ2) is 11.1. The van der Waals surface area contributed by atoms with Gasteiger partial charge < -0.3 is 19.5 Å². The maximum absolute atomic E-state index is 12.3. The second-order valence-electron chi connectivity index (χ2n) is 6.54. The van der Waals surface area contributed by atoms with Crippen LogP contribution >= 0.6 is 0 Å². The van der Waals surface area contributed by atoms with Crippen LogP contribution in [-0.2, 0) is 9.59 Å². The molecule has 3 rings (SSSR count). The van der Waals surface area contributed by atoms with Gasteiger partial charge in [0.2, 0.25) is 0 Å². The molecule has 0 aliphatic heterocycles. The van der Waals surface area contributed by atoms with Crippen LogP contribution in [0.15, 0.2) is 77.9 Å². The summed E-state index contributed by atoms with van der Waals surface area (Å²) in [5.74, 6) is -1.06. The minimum atomic E-state index is -0.959. The molecule has 0 bridgehead atoms. The summed E-state index contributed by atoms with van der Waals surface area (Å²) in [5, 5.41) is 6.22. The highest BCUT2D eigenvalue weighted by molar-refractivity contribution is 6.39. The summed E-state index contributed by atoms with van der Waals surface area (Å²) in [4.78, 5) is 36.3. The van der Waals surface area contributed by atoms with Gasteiger partial charge in [-0.05, 0) is 54.1 Å². The first-order valence-corrected chi connectivity index (χ1v) is 9.74. The van der Waals surface area contributed by atoms with Crippen LogP contribution in [0.5, 0.6) is 17.2 Å². The SMILES string of the molecule is COc1ccc(C(=O)Oc2cccc(/C=N/NC(=O)C(=O)Nc3ccccc3OC)c2)cc1. The summed E-state index contributed by atoms with van der Waals surface area (Å²) < 4.78 is 15.6. The lowest BCUT2D eigenvalue weighted by Crippen LogP contribution is -2.32. The normalized spacial score (nSPS) is 10.4. The Kier molecular flexibility index (Phi) is 7.74. The minimum absolute atomic E-state index is 0.292. The van der Waals surface area contributed by atoms with E-state index in [1.54, 1.807) is 72.8 Å². The third-order valence-corrected chi connectivity index (χ3v) is 4.34. The molecule has 0 spiro atoms. The molecule has 2 N–H and O–H groups in total. The van der Waals surface area contributed by atoms with Crippen molar-refractivity contribution in [1.29, 1.82) is 0 Å². The number of nitrogens with one attached hydrogen (secondary N) is 2. The number of ether oxygens (including phenoxy) is 3. The fraction of sp³-hybridized carbons (Fsp3) is 0.0833. The molecule has 0 unspecified atom stereocenters. The van der Waals surface area contributed by atoms with Gasteiger partial charge in [0, 0.05) is 0 Å². The minimum Gasteiger partial charge on any atom is -0.497 e. The van der Waals surface area contributed by atoms with E-state index in [-0.39, 0.29) is 0 Å². The van der Waals surface area contributed by atoms with Gasteiger partial charge in [-0.25, -0.2) is 10.2 Å². The number of hydrogen-bond acceptors (Lipinski definition) is 7. The second-order valence-corrected chi connectivity index (χ2v) is 6.54. The van der Waals surface area contributed by atoms with Crippen LogP contribution < -0.4 is 25.0 Å². The summed E-state index contributed by atoms with van der Waals surface area (Å²) in [5.41, 5.74) is 3.41. The van der Waals surface area contributed by atoms with Crippen molar-refractivity contribution in [1.82, 2.24) is 5.43 Å². The maximum atomic E-state index is 12.3. The number of benzene rings is 3. The Morgan fingerprint density at radius 2 is 1.58 bits per heavy atom. The highest BCUT2D eigenvalue weighted by Crippen LogP contribution is 2.22. The van der Waals surface area contributed by atoms with Crippen LogP contribution in [0.4, 0.5) is 5.69 Å².